The van der Waals surface area contributed by atoms with Gasteiger partial charge in [0.2, 0.25) is 0 Å². The molecule has 0 saturated carbocycles. The Hall–Kier alpha value is -0.730. The Labute approximate surface area is 106 Å². The molecule has 0 saturated heterocycles. The molecule has 2 nitrogen and oxygen atoms in total. The fourth-order valence-corrected chi connectivity index (χ4v) is 1.69. The van der Waals surface area contributed by atoms with Gasteiger partial charge in [0, 0.05) is 23.0 Å². The minimum atomic E-state index is 0.513. The van der Waals surface area contributed by atoms with Crippen LogP contribution in [0.15, 0.2) is 23.2 Å². The number of aliphatic imine (C=N–C) groups is 1. The van der Waals surface area contributed by atoms with E-state index in [1.165, 1.54) is 0 Å². The lowest BCUT2D eigenvalue weighted by molar-refractivity contribution is 0.664. The van der Waals surface area contributed by atoms with Gasteiger partial charge in [-0.1, -0.05) is 43.1 Å². The van der Waals surface area contributed by atoms with Gasteiger partial charge in [-0.2, -0.15) is 0 Å². The number of nitrogens with two attached hydrogens (primary N) is 1. The third-order valence-corrected chi connectivity index (χ3v) is 2.63. The molecule has 0 unspecified atom stereocenters. The van der Waals surface area contributed by atoms with Gasteiger partial charge in [-0.25, -0.2) is 0 Å². The summed E-state index contributed by atoms with van der Waals surface area (Å²) in [4.78, 5) is 4.29. The lowest BCUT2D eigenvalue weighted by Gasteiger charge is -2.05. The van der Waals surface area contributed by atoms with E-state index in [1.54, 1.807) is 12.1 Å². The van der Waals surface area contributed by atoms with Crippen molar-refractivity contribution in [3.05, 3.63) is 33.8 Å². The van der Waals surface area contributed by atoms with E-state index in [4.69, 9.17) is 28.9 Å². The van der Waals surface area contributed by atoms with Gasteiger partial charge in [-0.15, -0.1) is 0 Å². The van der Waals surface area contributed by atoms with Gasteiger partial charge in [0.05, 0.1) is 5.84 Å². The van der Waals surface area contributed by atoms with Gasteiger partial charge < -0.3 is 5.73 Å². The van der Waals surface area contributed by atoms with Gasteiger partial charge in [0.15, 0.2) is 0 Å². The summed E-state index contributed by atoms with van der Waals surface area (Å²) in [6.45, 7) is 4.95. The van der Waals surface area contributed by atoms with Crippen molar-refractivity contribution in [1.29, 1.82) is 0 Å². The fourth-order valence-electron chi connectivity index (χ4n) is 1.22. The van der Waals surface area contributed by atoms with Gasteiger partial charge in [-0.3, -0.25) is 4.99 Å². The van der Waals surface area contributed by atoms with E-state index in [9.17, 15) is 0 Å². The second-order valence-corrected chi connectivity index (χ2v) is 4.98. The summed E-state index contributed by atoms with van der Waals surface area (Å²) < 4.78 is 0. The molecule has 0 amide bonds. The first-order valence-corrected chi connectivity index (χ1v) is 5.97. The summed E-state index contributed by atoms with van der Waals surface area (Å²) in [5.74, 6) is 1.12. The molecule has 1 aromatic carbocycles. The molecule has 1 aromatic rings. The Morgan fingerprint density at radius 3 is 2.62 bits per heavy atom. The van der Waals surface area contributed by atoms with Crippen LogP contribution in [0.25, 0.3) is 0 Å². The zero-order valence-electron chi connectivity index (χ0n) is 9.50. The van der Waals surface area contributed by atoms with Crippen molar-refractivity contribution in [1.82, 2.24) is 0 Å². The van der Waals surface area contributed by atoms with Crippen molar-refractivity contribution in [2.45, 2.75) is 20.3 Å². The lowest BCUT2D eigenvalue weighted by atomic mass is 10.1. The number of amidine groups is 1. The van der Waals surface area contributed by atoms with Crippen LogP contribution in [0, 0.1) is 5.92 Å². The Kier molecular flexibility index (Phi) is 5.10. The summed E-state index contributed by atoms with van der Waals surface area (Å²) in [6.07, 6.45) is 0.572. The largest absolute Gasteiger partial charge is 0.387 e. The van der Waals surface area contributed by atoms with Crippen molar-refractivity contribution in [2.24, 2.45) is 16.6 Å². The van der Waals surface area contributed by atoms with Crippen LogP contribution >= 0.6 is 23.2 Å². The van der Waals surface area contributed by atoms with Crippen molar-refractivity contribution < 1.29 is 0 Å². The van der Waals surface area contributed by atoms with Crippen LogP contribution in [0.3, 0.4) is 0 Å². The van der Waals surface area contributed by atoms with Crippen LogP contribution in [0.5, 0.6) is 0 Å². The number of rotatable bonds is 4. The molecule has 0 bridgehead atoms. The maximum absolute atomic E-state index is 6.04. The summed E-state index contributed by atoms with van der Waals surface area (Å²) in [6, 6.07) is 5.40. The molecular formula is C12H16Cl2N2. The Morgan fingerprint density at radius 1 is 1.38 bits per heavy atom. The van der Waals surface area contributed by atoms with E-state index >= 15 is 0 Å². The zero-order chi connectivity index (χ0) is 12.1. The molecule has 1 rings (SSSR count). The molecule has 0 aliphatic carbocycles. The van der Waals surface area contributed by atoms with Crippen molar-refractivity contribution >= 4 is 29.0 Å². The van der Waals surface area contributed by atoms with Crippen LogP contribution < -0.4 is 5.73 Å². The van der Waals surface area contributed by atoms with E-state index in [-0.39, 0.29) is 0 Å². The molecule has 88 valence electrons. The van der Waals surface area contributed by atoms with E-state index < -0.39 is 0 Å². The summed E-state index contributed by atoms with van der Waals surface area (Å²) in [5.41, 5.74) is 6.77. The van der Waals surface area contributed by atoms with Crippen molar-refractivity contribution in [3.63, 3.8) is 0 Å². The standard InChI is InChI=1S/C12H16Cl2N2/c1-8(2)7-16-12(15)5-9-3-4-10(13)6-11(9)14/h3-4,6,8H,5,7H2,1-2H3,(H2,15,16). The summed E-state index contributed by atoms with van der Waals surface area (Å²) in [5, 5.41) is 1.27. The quantitative estimate of drug-likeness (QED) is 0.651. The molecule has 0 aromatic heterocycles. The fraction of sp³-hybridized carbons (Fsp3) is 0.417. The number of benzene rings is 1. The topological polar surface area (TPSA) is 38.4 Å². The first-order chi connectivity index (χ1) is 7.49. The molecule has 16 heavy (non-hydrogen) atoms. The minimum absolute atomic E-state index is 0.513. The van der Waals surface area contributed by atoms with Gasteiger partial charge in [-0.05, 0) is 23.6 Å². The van der Waals surface area contributed by atoms with Crippen LogP contribution in [-0.4, -0.2) is 12.4 Å². The predicted molar refractivity (Wildman–Crippen MR) is 71.5 cm³/mol. The van der Waals surface area contributed by atoms with E-state index in [1.807, 2.05) is 6.07 Å². The molecule has 0 aliphatic rings. The molecule has 0 radical (unpaired) electrons. The average Bonchev–Trinajstić information content (AvgIpc) is 2.19. The first kappa shape index (κ1) is 13.3. The maximum atomic E-state index is 6.04. The van der Waals surface area contributed by atoms with E-state index in [0.29, 0.717) is 28.2 Å². The van der Waals surface area contributed by atoms with Crippen LogP contribution in [0.4, 0.5) is 0 Å². The number of nitrogens with zero attached hydrogens (tertiary/aromatic N) is 1. The number of hydrogen-bond donors (Lipinski definition) is 1. The third-order valence-electron chi connectivity index (χ3n) is 2.05. The number of halogens is 2. The van der Waals surface area contributed by atoms with Crippen LogP contribution in [0.2, 0.25) is 10.0 Å². The molecule has 2 N–H and O–H groups in total. The van der Waals surface area contributed by atoms with Crippen LogP contribution in [0.1, 0.15) is 19.4 Å². The monoisotopic (exact) mass is 258 g/mol. The SMILES string of the molecule is CC(C)CN=C(N)Cc1ccc(Cl)cc1Cl. The molecule has 0 atom stereocenters. The Morgan fingerprint density at radius 2 is 2.06 bits per heavy atom. The highest BCUT2D eigenvalue weighted by molar-refractivity contribution is 6.35. The predicted octanol–water partition coefficient (Wildman–Crippen LogP) is 3.55. The van der Waals surface area contributed by atoms with Gasteiger partial charge in [0.1, 0.15) is 0 Å². The molecule has 0 aliphatic heterocycles. The summed E-state index contributed by atoms with van der Waals surface area (Å²) >= 11 is 11.9. The molecular weight excluding hydrogens is 243 g/mol. The highest BCUT2D eigenvalue weighted by Crippen LogP contribution is 2.21. The maximum Gasteiger partial charge on any atom is 0.0982 e. The lowest BCUT2D eigenvalue weighted by Crippen LogP contribution is -2.16. The third kappa shape index (κ3) is 4.42. The van der Waals surface area contributed by atoms with E-state index in [0.717, 1.165) is 12.1 Å². The molecule has 0 fully saturated rings. The Balaban J connectivity index is 2.69. The first-order valence-electron chi connectivity index (χ1n) is 5.21. The van der Waals surface area contributed by atoms with Crippen molar-refractivity contribution in [2.75, 3.05) is 6.54 Å². The highest BCUT2D eigenvalue weighted by atomic mass is 35.5. The highest BCUT2D eigenvalue weighted by Gasteiger charge is 2.03. The smallest absolute Gasteiger partial charge is 0.0982 e. The summed E-state index contributed by atoms with van der Waals surface area (Å²) in [7, 11) is 0. The van der Waals surface area contributed by atoms with Gasteiger partial charge in [0.25, 0.3) is 0 Å². The number of hydrogen-bond acceptors (Lipinski definition) is 1. The molecule has 0 spiro atoms. The molecule has 0 heterocycles. The minimum Gasteiger partial charge on any atom is -0.387 e. The Bertz CT molecular complexity index is 387. The normalized spacial score (nSPS) is 12.2. The second-order valence-electron chi connectivity index (χ2n) is 4.14. The zero-order valence-corrected chi connectivity index (χ0v) is 11.0. The van der Waals surface area contributed by atoms with E-state index in [2.05, 4.69) is 18.8 Å². The van der Waals surface area contributed by atoms with Crippen LogP contribution in [-0.2, 0) is 6.42 Å². The molecule has 4 heteroatoms. The van der Waals surface area contributed by atoms with Gasteiger partial charge >= 0.3 is 0 Å². The average molecular weight is 259 g/mol. The van der Waals surface area contributed by atoms with Crippen molar-refractivity contribution in [3.8, 4) is 0 Å². The second kappa shape index (κ2) is 6.12.